The highest BCUT2D eigenvalue weighted by Gasteiger charge is 2.37. The number of rotatable bonds is 2. The first kappa shape index (κ1) is 17.8. The Labute approximate surface area is 159 Å². The van der Waals surface area contributed by atoms with Gasteiger partial charge in [0, 0.05) is 41.4 Å². The number of furan rings is 1. The molecule has 0 aliphatic heterocycles. The summed E-state index contributed by atoms with van der Waals surface area (Å²) < 4.78 is 14.6. The highest BCUT2D eigenvalue weighted by atomic mass is 16.4. The number of pyridine rings is 1. The van der Waals surface area contributed by atoms with Crippen molar-refractivity contribution >= 4 is 22.1 Å². The predicted octanol–water partition coefficient (Wildman–Crippen LogP) is 5.89. The number of fused-ring (bicyclic) bond motifs is 3. The maximum Gasteiger partial charge on any atom is 0.358 e. The number of aryl methyl sites for hydroxylation is 1. The molecule has 0 amide bonds. The second-order valence-corrected chi connectivity index (χ2v) is 8.69. The molecule has 0 spiro atoms. The van der Waals surface area contributed by atoms with Crippen molar-refractivity contribution in [1.82, 2.24) is 4.98 Å². The smallest absolute Gasteiger partial charge is 0.358 e. The standard InChI is InChI=1S/C23H27N2O2/c1-13(2)20-15(4)25(22(27-20)23(5,6)7)18-12-17-16-9-8-10-24-21(16)26-19(17)11-14(18)3/h8-13H,1-7H3/q+1. The summed E-state index contributed by atoms with van der Waals surface area (Å²) >= 11 is 0. The van der Waals surface area contributed by atoms with Crippen molar-refractivity contribution in [2.24, 2.45) is 0 Å². The van der Waals surface area contributed by atoms with Crippen molar-refractivity contribution in [2.75, 3.05) is 0 Å². The lowest BCUT2D eigenvalue weighted by Gasteiger charge is -2.12. The molecule has 0 fully saturated rings. The average molecular weight is 363 g/mol. The first-order valence-electron chi connectivity index (χ1n) is 9.52. The summed E-state index contributed by atoms with van der Waals surface area (Å²) in [6.07, 6.45) is 1.76. The normalized spacial score (nSPS) is 12.6. The average Bonchev–Trinajstić information content (AvgIpc) is 3.11. The van der Waals surface area contributed by atoms with Crippen molar-refractivity contribution in [1.29, 1.82) is 0 Å². The molecule has 4 heteroatoms. The van der Waals surface area contributed by atoms with Gasteiger partial charge in [0.05, 0.1) is 5.41 Å². The van der Waals surface area contributed by atoms with Gasteiger partial charge in [0.15, 0.2) is 5.76 Å². The number of nitrogens with zero attached hydrogens (tertiary/aromatic N) is 2. The minimum absolute atomic E-state index is 0.112. The van der Waals surface area contributed by atoms with Crippen LogP contribution in [0.15, 0.2) is 39.3 Å². The molecule has 0 saturated carbocycles. The Morgan fingerprint density at radius 1 is 1.04 bits per heavy atom. The molecule has 0 atom stereocenters. The van der Waals surface area contributed by atoms with Crippen LogP contribution in [0.5, 0.6) is 0 Å². The largest absolute Gasteiger partial charge is 0.438 e. The SMILES string of the molecule is Cc1cc2oc3ncccc3c2cc1-[n+]1c(C(C)(C)C)oc(C(C)C)c1C. The van der Waals surface area contributed by atoms with Crippen molar-refractivity contribution < 1.29 is 13.4 Å². The summed E-state index contributed by atoms with van der Waals surface area (Å²) in [4.78, 5) is 4.36. The van der Waals surface area contributed by atoms with E-state index in [0.717, 1.165) is 45.0 Å². The molecule has 0 N–H and O–H groups in total. The number of aromatic nitrogens is 2. The fourth-order valence-electron chi connectivity index (χ4n) is 3.79. The molecule has 1 aromatic carbocycles. The molecule has 4 rings (SSSR count). The molecule has 0 unspecified atom stereocenters. The Kier molecular flexibility index (Phi) is 3.91. The fourth-order valence-corrected chi connectivity index (χ4v) is 3.79. The van der Waals surface area contributed by atoms with Crippen LogP contribution in [0.4, 0.5) is 0 Å². The van der Waals surface area contributed by atoms with Gasteiger partial charge >= 0.3 is 5.89 Å². The van der Waals surface area contributed by atoms with Crippen molar-refractivity contribution in [2.45, 2.75) is 59.8 Å². The quantitative estimate of drug-likeness (QED) is 0.417. The minimum atomic E-state index is -0.112. The van der Waals surface area contributed by atoms with Crippen LogP contribution < -0.4 is 4.57 Å². The van der Waals surface area contributed by atoms with E-state index >= 15 is 0 Å². The topological polar surface area (TPSA) is 43.0 Å². The maximum absolute atomic E-state index is 6.39. The summed E-state index contributed by atoms with van der Waals surface area (Å²) in [5.41, 5.74) is 4.87. The Hall–Kier alpha value is -2.62. The molecule has 3 heterocycles. The molecule has 0 saturated heterocycles. The molecule has 0 radical (unpaired) electrons. The molecule has 27 heavy (non-hydrogen) atoms. The fraction of sp³-hybridized carbons (Fsp3) is 0.391. The van der Waals surface area contributed by atoms with Crippen molar-refractivity contribution in [3.05, 3.63) is 53.4 Å². The lowest BCUT2D eigenvalue weighted by molar-refractivity contribution is -0.619. The zero-order chi connectivity index (χ0) is 19.5. The monoisotopic (exact) mass is 363 g/mol. The van der Waals surface area contributed by atoms with E-state index in [1.54, 1.807) is 6.20 Å². The van der Waals surface area contributed by atoms with Gasteiger partial charge in [-0.1, -0.05) is 13.8 Å². The Balaban J connectivity index is 2.07. The number of hydrogen-bond acceptors (Lipinski definition) is 3. The van der Waals surface area contributed by atoms with Gasteiger partial charge < -0.3 is 8.83 Å². The molecule has 140 valence electrons. The molecule has 0 aliphatic carbocycles. The van der Waals surface area contributed by atoms with Gasteiger partial charge in [-0.3, -0.25) is 0 Å². The van der Waals surface area contributed by atoms with Gasteiger partial charge in [0.2, 0.25) is 17.1 Å². The summed E-state index contributed by atoms with van der Waals surface area (Å²) in [5.74, 6) is 2.34. The van der Waals surface area contributed by atoms with E-state index in [9.17, 15) is 0 Å². The molecule has 4 nitrogen and oxygen atoms in total. The van der Waals surface area contributed by atoms with Crippen molar-refractivity contribution in [3.63, 3.8) is 0 Å². The van der Waals surface area contributed by atoms with E-state index in [2.05, 4.69) is 76.2 Å². The Bertz CT molecular complexity index is 1160. The Morgan fingerprint density at radius 3 is 2.44 bits per heavy atom. The van der Waals surface area contributed by atoms with E-state index in [4.69, 9.17) is 8.83 Å². The minimum Gasteiger partial charge on any atom is -0.438 e. The molecule has 3 aromatic heterocycles. The summed E-state index contributed by atoms with van der Waals surface area (Å²) in [6.45, 7) is 15.2. The van der Waals surface area contributed by atoms with Crippen LogP contribution in [-0.2, 0) is 5.41 Å². The third kappa shape index (κ3) is 2.75. The second kappa shape index (κ2) is 5.95. The predicted molar refractivity (Wildman–Crippen MR) is 108 cm³/mol. The van der Waals surface area contributed by atoms with Crippen LogP contribution in [0.2, 0.25) is 0 Å². The van der Waals surface area contributed by atoms with Gasteiger partial charge in [-0.2, -0.15) is 0 Å². The number of benzene rings is 1. The lowest BCUT2D eigenvalue weighted by Crippen LogP contribution is -2.41. The molecule has 4 aromatic rings. The Morgan fingerprint density at radius 2 is 1.78 bits per heavy atom. The summed E-state index contributed by atoms with van der Waals surface area (Å²) in [7, 11) is 0. The van der Waals surface area contributed by atoms with E-state index in [0.29, 0.717) is 11.6 Å². The highest BCUT2D eigenvalue weighted by molar-refractivity contribution is 6.04. The van der Waals surface area contributed by atoms with Crippen LogP contribution in [0.3, 0.4) is 0 Å². The molecule has 0 aliphatic rings. The third-order valence-corrected chi connectivity index (χ3v) is 5.07. The van der Waals surface area contributed by atoms with Crippen LogP contribution in [0.25, 0.3) is 27.8 Å². The molecular weight excluding hydrogens is 336 g/mol. The van der Waals surface area contributed by atoms with E-state index in [1.807, 2.05) is 6.07 Å². The van der Waals surface area contributed by atoms with E-state index in [1.165, 1.54) is 0 Å². The number of hydrogen-bond donors (Lipinski definition) is 0. The second-order valence-electron chi connectivity index (χ2n) is 8.69. The summed E-state index contributed by atoms with van der Waals surface area (Å²) in [6, 6.07) is 8.32. The van der Waals surface area contributed by atoms with Gasteiger partial charge in [0.25, 0.3) is 0 Å². The van der Waals surface area contributed by atoms with Crippen molar-refractivity contribution in [3.8, 4) is 5.69 Å². The van der Waals surface area contributed by atoms with E-state index < -0.39 is 0 Å². The van der Waals surface area contributed by atoms with Crippen LogP contribution >= 0.6 is 0 Å². The zero-order valence-electron chi connectivity index (χ0n) is 17.2. The van der Waals surface area contributed by atoms with Gasteiger partial charge in [-0.15, -0.1) is 4.57 Å². The van der Waals surface area contributed by atoms with Crippen LogP contribution in [0, 0.1) is 13.8 Å². The van der Waals surface area contributed by atoms with Crippen LogP contribution in [0.1, 0.15) is 63.4 Å². The van der Waals surface area contributed by atoms with Gasteiger partial charge in [-0.25, -0.2) is 4.98 Å². The highest BCUT2D eigenvalue weighted by Crippen LogP contribution is 2.33. The first-order valence-corrected chi connectivity index (χ1v) is 9.52. The molecule has 0 bridgehead atoms. The molecular formula is C23H27N2O2+. The first-order chi connectivity index (χ1) is 12.7. The van der Waals surface area contributed by atoms with E-state index in [-0.39, 0.29) is 5.41 Å². The zero-order valence-corrected chi connectivity index (χ0v) is 17.2. The van der Waals surface area contributed by atoms with Gasteiger partial charge in [0.1, 0.15) is 5.58 Å². The number of oxazole rings is 1. The lowest BCUT2D eigenvalue weighted by atomic mass is 9.96. The van der Waals surface area contributed by atoms with Gasteiger partial charge in [-0.05, 0) is 45.9 Å². The van der Waals surface area contributed by atoms with Crippen LogP contribution in [-0.4, -0.2) is 4.98 Å². The maximum atomic E-state index is 6.39. The third-order valence-electron chi connectivity index (χ3n) is 5.07. The summed E-state index contributed by atoms with van der Waals surface area (Å²) in [5, 5.41) is 2.12.